The third-order valence-corrected chi connectivity index (χ3v) is 6.12. The lowest BCUT2D eigenvalue weighted by Crippen LogP contribution is -2.23. The van der Waals surface area contributed by atoms with Crippen molar-refractivity contribution in [1.82, 2.24) is 4.72 Å². The van der Waals surface area contributed by atoms with Gasteiger partial charge in [0.25, 0.3) is 0 Å². The molecule has 0 saturated heterocycles. The SMILES string of the molecule is O=C(COC(=O)c1cccc(S(=O)(=O)NCc2ccccc2)c1)c1ccc2c(c1)OCO2. The number of hydrogen-bond acceptors (Lipinski definition) is 7. The lowest BCUT2D eigenvalue weighted by Gasteiger charge is -2.09. The molecule has 164 valence electrons. The standard InChI is InChI=1S/C23H19NO7S/c25-20(17-9-10-21-22(12-17)31-15-30-21)14-29-23(26)18-7-4-8-19(11-18)32(27,28)24-13-16-5-2-1-3-6-16/h1-12,24H,13-15H2. The van der Waals surface area contributed by atoms with Gasteiger partial charge in [0.15, 0.2) is 23.9 Å². The number of sulfonamides is 1. The number of benzene rings is 3. The Morgan fingerprint density at radius 3 is 2.47 bits per heavy atom. The van der Waals surface area contributed by atoms with Crippen molar-refractivity contribution in [3.8, 4) is 11.5 Å². The fraction of sp³-hybridized carbons (Fsp3) is 0.130. The normalized spacial score (nSPS) is 12.4. The molecule has 0 bridgehead atoms. The minimum absolute atomic E-state index is 0.0195. The van der Waals surface area contributed by atoms with Gasteiger partial charge >= 0.3 is 5.97 Å². The van der Waals surface area contributed by atoms with Crippen molar-refractivity contribution in [2.45, 2.75) is 11.4 Å². The van der Waals surface area contributed by atoms with E-state index in [9.17, 15) is 18.0 Å². The summed E-state index contributed by atoms with van der Waals surface area (Å²) in [6.07, 6.45) is 0. The van der Waals surface area contributed by atoms with Crippen molar-refractivity contribution in [2.24, 2.45) is 0 Å². The summed E-state index contributed by atoms with van der Waals surface area (Å²) in [7, 11) is -3.85. The van der Waals surface area contributed by atoms with Gasteiger partial charge < -0.3 is 14.2 Å². The average Bonchev–Trinajstić information content (AvgIpc) is 3.30. The molecule has 0 radical (unpaired) electrons. The molecule has 1 N–H and O–H groups in total. The largest absolute Gasteiger partial charge is 0.454 e. The van der Waals surface area contributed by atoms with Crippen LogP contribution in [-0.2, 0) is 21.3 Å². The van der Waals surface area contributed by atoms with Crippen molar-refractivity contribution < 1.29 is 32.2 Å². The summed E-state index contributed by atoms with van der Waals surface area (Å²) in [5.74, 6) is -0.246. The fourth-order valence-corrected chi connectivity index (χ4v) is 4.08. The number of rotatable bonds is 8. The predicted molar refractivity (Wildman–Crippen MR) is 114 cm³/mol. The van der Waals surface area contributed by atoms with Crippen LogP contribution in [0.3, 0.4) is 0 Å². The predicted octanol–water partition coefficient (Wildman–Crippen LogP) is 2.93. The minimum atomic E-state index is -3.85. The number of nitrogens with one attached hydrogen (secondary N) is 1. The first kappa shape index (κ1) is 21.5. The second-order valence-electron chi connectivity index (χ2n) is 6.91. The number of carbonyl (C=O) groups excluding carboxylic acids is 2. The third-order valence-electron chi connectivity index (χ3n) is 4.72. The summed E-state index contributed by atoms with van der Waals surface area (Å²) in [6.45, 7) is -0.301. The second kappa shape index (κ2) is 9.21. The molecule has 8 nitrogen and oxygen atoms in total. The maximum Gasteiger partial charge on any atom is 0.338 e. The quantitative estimate of drug-likeness (QED) is 0.413. The zero-order valence-electron chi connectivity index (χ0n) is 16.8. The van der Waals surface area contributed by atoms with E-state index in [1.165, 1.54) is 30.3 Å². The number of fused-ring (bicyclic) bond motifs is 1. The minimum Gasteiger partial charge on any atom is -0.454 e. The first-order chi connectivity index (χ1) is 15.4. The topological polar surface area (TPSA) is 108 Å². The molecule has 0 amide bonds. The van der Waals surface area contributed by atoms with E-state index in [4.69, 9.17) is 14.2 Å². The summed E-state index contributed by atoms with van der Waals surface area (Å²) in [5.41, 5.74) is 1.13. The Hall–Kier alpha value is -3.69. The molecule has 9 heteroatoms. The summed E-state index contributed by atoms with van der Waals surface area (Å²) in [4.78, 5) is 24.7. The van der Waals surface area contributed by atoms with Crippen LogP contribution in [0.5, 0.6) is 11.5 Å². The summed E-state index contributed by atoms with van der Waals surface area (Å²) in [6, 6.07) is 19.2. The Labute approximate surface area is 184 Å². The van der Waals surface area contributed by atoms with Gasteiger partial charge in [-0.1, -0.05) is 36.4 Å². The molecule has 0 atom stereocenters. The van der Waals surface area contributed by atoms with Crippen LogP contribution in [0.25, 0.3) is 0 Å². The second-order valence-corrected chi connectivity index (χ2v) is 8.67. The van der Waals surface area contributed by atoms with Crippen LogP contribution in [0, 0.1) is 0 Å². The molecule has 4 rings (SSSR count). The molecule has 1 heterocycles. The van der Waals surface area contributed by atoms with Crippen LogP contribution in [0.4, 0.5) is 0 Å². The van der Waals surface area contributed by atoms with E-state index in [1.54, 1.807) is 24.3 Å². The van der Waals surface area contributed by atoms with Gasteiger partial charge in [0, 0.05) is 12.1 Å². The highest BCUT2D eigenvalue weighted by atomic mass is 32.2. The Balaban J connectivity index is 1.39. The smallest absolute Gasteiger partial charge is 0.338 e. The Morgan fingerprint density at radius 2 is 1.66 bits per heavy atom. The summed E-state index contributed by atoms with van der Waals surface area (Å²) < 4.78 is 43.2. The molecule has 1 aliphatic heterocycles. The third kappa shape index (κ3) is 4.96. The van der Waals surface area contributed by atoms with E-state index in [2.05, 4.69) is 4.72 Å². The molecule has 0 unspecified atom stereocenters. The molecule has 0 saturated carbocycles. The van der Waals surface area contributed by atoms with Gasteiger partial charge in [0.1, 0.15) is 0 Å². The van der Waals surface area contributed by atoms with Gasteiger partial charge in [-0.2, -0.15) is 0 Å². The molecule has 3 aromatic rings. The van der Waals surface area contributed by atoms with E-state index >= 15 is 0 Å². The molecule has 0 spiro atoms. The lowest BCUT2D eigenvalue weighted by molar-refractivity contribution is 0.0474. The zero-order chi connectivity index (χ0) is 22.6. The van der Waals surface area contributed by atoms with Gasteiger partial charge in [-0.05, 0) is 42.0 Å². The fourth-order valence-electron chi connectivity index (χ4n) is 3.02. The Kier molecular flexibility index (Phi) is 6.20. The van der Waals surface area contributed by atoms with Crippen LogP contribution < -0.4 is 14.2 Å². The number of ether oxygens (including phenoxy) is 3. The highest BCUT2D eigenvalue weighted by Crippen LogP contribution is 2.32. The van der Waals surface area contributed by atoms with Crippen LogP contribution in [0.15, 0.2) is 77.7 Å². The van der Waals surface area contributed by atoms with E-state index in [0.717, 1.165) is 5.56 Å². The Bertz CT molecular complexity index is 1260. The molecule has 32 heavy (non-hydrogen) atoms. The summed E-state index contributed by atoms with van der Waals surface area (Å²) in [5, 5.41) is 0. The summed E-state index contributed by atoms with van der Waals surface area (Å²) >= 11 is 0. The monoisotopic (exact) mass is 453 g/mol. The van der Waals surface area contributed by atoms with Crippen molar-refractivity contribution in [3.63, 3.8) is 0 Å². The van der Waals surface area contributed by atoms with Gasteiger partial charge in [0.05, 0.1) is 10.5 Å². The zero-order valence-corrected chi connectivity index (χ0v) is 17.6. The van der Waals surface area contributed by atoms with E-state index in [-0.39, 0.29) is 23.8 Å². The number of carbonyl (C=O) groups is 2. The van der Waals surface area contributed by atoms with Gasteiger partial charge in [-0.3, -0.25) is 4.79 Å². The Morgan fingerprint density at radius 1 is 0.875 bits per heavy atom. The first-order valence-electron chi connectivity index (χ1n) is 9.66. The van der Waals surface area contributed by atoms with E-state index < -0.39 is 28.4 Å². The van der Waals surface area contributed by atoms with Gasteiger partial charge in [-0.25, -0.2) is 17.9 Å². The van der Waals surface area contributed by atoms with Gasteiger partial charge in [0.2, 0.25) is 16.8 Å². The molecule has 3 aromatic carbocycles. The van der Waals surface area contributed by atoms with Gasteiger partial charge in [-0.15, -0.1) is 0 Å². The van der Waals surface area contributed by atoms with Crippen molar-refractivity contribution in [2.75, 3.05) is 13.4 Å². The first-order valence-corrected chi connectivity index (χ1v) is 11.1. The van der Waals surface area contributed by atoms with Crippen molar-refractivity contribution in [3.05, 3.63) is 89.5 Å². The number of Topliss-reactive ketones (excluding diaryl/α,β-unsaturated/α-hetero) is 1. The van der Waals surface area contributed by atoms with E-state index in [0.29, 0.717) is 17.1 Å². The van der Waals surface area contributed by atoms with Crippen LogP contribution in [-0.4, -0.2) is 33.6 Å². The number of ketones is 1. The number of hydrogen-bond donors (Lipinski definition) is 1. The highest BCUT2D eigenvalue weighted by molar-refractivity contribution is 7.89. The molecule has 1 aliphatic rings. The maximum absolute atomic E-state index is 12.6. The van der Waals surface area contributed by atoms with E-state index in [1.807, 2.05) is 18.2 Å². The molecular formula is C23H19NO7S. The molecular weight excluding hydrogens is 434 g/mol. The average molecular weight is 453 g/mol. The van der Waals surface area contributed by atoms with Crippen molar-refractivity contribution in [1.29, 1.82) is 0 Å². The molecule has 0 aliphatic carbocycles. The maximum atomic E-state index is 12.6. The number of esters is 1. The van der Waals surface area contributed by atoms with Crippen LogP contribution in [0.1, 0.15) is 26.3 Å². The van der Waals surface area contributed by atoms with Crippen molar-refractivity contribution >= 4 is 21.8 Å². The lowest BCUT2D eigenvalue weighted by atomic mass is 10.1. The molecule has 0 aromatic heterocycles. The van der Waals surface area contributed by atoms with Crippen LogP contribution in [0.2, 0.25) is 0 Å². The highest BCUT2D eigenvalue weighted by Gasteiger charge is 2.19. The van der Waals surface area contributed by atoms with Crippen LogP contribution >= 0.6 is 0 Å². The molecule has 0 fully saturated rings.